The van der Waals surface area contributed by atoms with Crippen LogP contribution in [-0.4, -0.2) is 36.3 Å². The van der Waals surface area contributed by atoms with Crippen molar-refractivity contribution < 1.29 is 23.4 Å². The molecular weight excluding hydrogens is 455 g/mol. The van der Waals surface area contributed by atoms with Crippen LogP contribution in [0.1, 0.15) is 23.0 Å². The predicted octanol–water partition coefficient (Wildman–Crippen LogP) is 4.89. The zero-order valence-electron chi connectivity index (χ0n) is 16.9. The highest BCUT2D eigenvalue weighted by molar-refractivity contribution is 9.10. The Labute approximate surface area is 182 Å². The molecule has 0 N–H and O–H groups in total. The molecule has 6 nitrogen and oxygen atoms in total. The minimum atomic E-state index is -0.539. The number of esters is 1. The van der Waals surface area contributed by atoms with Crippen molar-refractivity contribution in [3.63, 3.8) is 0 Å². The SMILES string of the molecule is CCOC(=O)c1ncn(CCc2cc(OC)c(OC)cc2Br)c1-c1cccc(F)c1. The topological polar surface area (TPSA) is 62.6 Å². The molecule has 0 atom stereocenters. The van der Waals surface area contributed by atoms with E-state index in [-0.39, 0.29) is 12.3 Å². The molecule has 0 bridgehead atoms. The van der Waals surface area contributed by atoms with E-state index in [0.29, 0.717) is 35.7 Å². The van der Waals surface area contributed by atoms with Crippen molar-refractivity contribution >= 4 is 21.9 Å². The second kappa shape index (κ2) is 9.75. The highest BCUT2D eigenvalue weighted by Crippen LogP contribution is 2.34. The van der Waals surface area contributed by atoms with Crippen molar-refractivity contribution in [1.82, 2.24) is 9.55 Å². The van der Waals surface area contributed by atoms with Crippen molar-refractivity contribution in [1.29, 1.82) is 0 Å². The molecule has 0 spiro atoms. The average molecular weight is 477 g/mol. The summed E-state index contributed by atoms with van der Waals surface area (Å²) in [5, 5.41) is 0. The van der Waals surface area contributed by atoms with Gasteiger partial charge in [-0.2, -0.15) is 0 Å². The molecule has 0 unspecified atom stereocenters. The van der Waals surface area contributed by atoms with Crippen LogP contribution in [0.3, 0.4) is 0 Å². The molecule has 1 aromatic heterocycles. The lowest BCUT2D eigenvalue weighted by Crippen LogP contribution is -2.09. The summed E-state index contributed by atoms with van der Waals surface area (Å²) < 4.78 is 32.4. The molecule has 0 radical (unpaired) electrons. The van der Waals surface area contributed by atoms with E-state index in [0.717, 1.165) is 10.0 Å². The maximum absolute atomic E-state index is 13.9. The second-order valence-electron chi connectivity index (χ2n) is 6.41. The smallest absolute Gasteiger partial charge is 0.359 e. The number of benzene rings is 2. The maximum Gasteiger partial charge on any atom is 0.359 e. The fourth-order valence-electron chi connectivity index (χ4n) is 3.17. The van der Waals surface area contributed by atoms with E-state index in [9.17, 15) is 9.18 Å². The van der Waals surface area contributed by atoms with Gasteiger partial charge in [-0.1, -0.05) is 28.1 Å². The van der Waals surface area contributed by atoms with Gasteiger partial charge in [-0.15, -0.1) is 0 Å². The molecule has 1 heterocycles. The van der Waals surface area contributed by atoms with Crippen LogP contribution >= 0.6 is 15.9 Å². The van der Waals surface area contributed by atoms with Gasteiger partial charge in [-0.3, -0.25) is 0 Å². The number of rotatable bonds is 8. The summed E-state index contributed by atoms with van der Waals surface area (Å²) in [4.78, 5) is 16.6. The van der Waals surface area contributed by atoms with Gasteiger partial charge in [0, 0.05) is 16.6 Å². The maximum atomic E-state index is 13.9. The summed E-state index contributed by atoms with van der Waals surface area (Å²) in [5.41, 5.74) is 2.23. The quantitative estimate of drug-likeness (QED) is 0.433. The van der Waals surface area contributed by atoms with Crippen molar-refractivity contribution in [3.8, 4) is 22.8 Å². The molecular formula is C22H22BrFN2O4. The van der Waals surface area contributed by atoms with E-state index in [1.807, 2.05) is 16.7 Å². The van der Waals surface area contributed by atoms with Crippen molar-refractivity contribution in [2.24, 2.45) is 0 Å². The number of halogens is 2. The van der Waals surface area contributed by atoms with Crippen LogP contribution in [0.5, 0.6) is 11.5 Å². The first-order chi connectivity index (χ1) is 14.5. The van der Waals surface area contributed by atoms with Crippen molar-refractivity contribution in [2.45, 2.75) is 19.9 Å². The van der Waals surface area contributed by atoms with Gasteiger partial charge in [0.15, 0.2) is 17.2 Å². The van der Waals surface area contributed by atoms with Gasteiger partial charge in [0.05, 0.1) is 32.8 Å². The van der Waals surface area contributed by atoms with Crippen LogP contribution in [0.4, 0.5) is 4.39 Å². The molecule has 0 aliphatic heterocycles. The second-order valence-corrected chi connectivity index (χ2v) is 7.27. The molecule has 3 rings (SSSR count). The van der Waals surface area contributed by atoms with E-state index in [1.54, 1.807) is 39.6 Å². The standard InChI is InChI=1S/C22H22BrFN2O4/c1-4-30-22(27)20-21(15-6-5-7-16(24)10-15)26(13-25-20)9-8-14-11-18(28-2)19(29-3)12-17(14)23/h5-7,10-13H,4,8-9H2,1-3H3. The number of aryl methyl sites for hydroxylation is 2. The van der Waals surface area contributed by atoms with Gasteiger partial charge in [0.1, 0.15) is 5.82 Å². The number of aromatic nitrogens is 2. The van der Waals surface area contributed by atoms with Crippen LogP contribution in [0.25, 0.3) is 11.3 Å². The molecule has 0 saturated carbocycles. The first-order valence-electron chi connectivity index (χ1n) is 9.37. The minimum Gasteiger partial charge on any atom is -0.493 e. The Morgan fingerprint density at radius 1 is 1.17 bits per heavy atom. The van der Waals surface area contributed by atoms with Gasteiger partial charge >= 0.3 is 5.97 Å². The highest BCUT2D eigenvalue weighted by atomic mass is 79.9. The fraction of sp³-hybridized carbons (Fsp3) is 0.273. The summed E-state index contributed by atoms with van der Waals surface area (Å²) in [7, 11) is 3.16. The summed E-state index contributed by atoms with van der Waals surface area (Å²) in [5.74, 6) is 0.320. The molecule has 0 aliphatic rings. The van der Waals surface area contributed by atoms with Crippen LogP contribution < -0.4 is 9.47 Å². The van der Waals surface area contributed by atoms with Crippen LogP contribution in [0, 0.1) is 5.82 Å². The monoisotopic (exact) mass is 476 g/mol. The molecule has 0 saturated heterocycles. The zero-order valence-corrected chi connectivity index (χ0v) is 18.5. The third-order valence-electron chi connectivity index (χ3n) is 4.58. The Morgan fingerprint density at radius 3 is 2.57 bits per heavy atom. The first kappa shape index (κ1) is 21.8. The lowest BCUT2D eigenvalue weighted by molar-refractivity contribution is 0.0521. The number of imidazole rings is 1. The number of nitrogens with zero attached hydrogens (tertiary/aromatic N) is 2. The number of methoxy groups -OCH3 is 2. The number of hydrogen-bond acceptors (Lipinski definition) is 5. The van der Waals surface area contributed by atoms with Crippen molar-refractivity contribution in [2.75, 3.05) is 20.8 Å². The minimum absolute atomic E-state index is 0.161. The highest BCUT2D eigenvalue weighted by Gasteiger charge is 2.21. The van der Waals surface area contributed by atoms with E-state index in [2.05, 4.69) is 20.9 Å². The Bertz CT molecular complexity index is 1050. The van der Waals surface area contributed by atoms with E-state index >= 15 is 0 Å². The van der Waals surface area contributed by atoms with Gasteiger partial charge in [-0.05, 0) is 43.2 Å². The van der Waals surface area contributed by atoms with E-state index < -0.39 is 11.8 Å². The number of ether oxygens (including phenoxy) is 3. The summed E-state index contributed by atoms with van der Waals surface area (Å²) in [6.45, 7) is 2.46. The lowest BCUT2D eigenvalue weighted by Gasteiger charge is -2.14. The lowest BCUT2D eigenvalue weighted by atomic mass is 10.1. The summed E-state index contributed by atoms with van der Waals surface area (Å²) >= 11 is 3.56. The van der Waals surface area contributed by atoms with Gasteiger partial charge in [0.2, 0.25) is 0 Å². The molecule has 30 heavy (non-hydrogen) atoms. The average Bonchev–Trinajstić information content (AvgIpc) is 3.17. The molecule has 8 heteroatoms. The largest absolute Gasteiger partial charge is 0.493 e. The molecule has 0 fully saturated rings. The third-order valence-corrected chi connectivity index (χ3v) is 5.32. The summed E-state index contributed by atoms with van der Waals surface area (Å²) in [6, 6.07) is 9.82. The first-order valence-corrected chi connectivity index (χ1v) is 10.2. The number of carbonyl (C=O) groups is 1. The Kier molecular flexibility index (Phi) is 7.10. The van der Waals surface area contributed by atoms with Crippen LogP contribution in [-0.2, 0) is 17.7 Å². The van der Waals surface area contributed by atoms with Gasteiger partial charge in [-0.25, -0.2) is 14.2 Å². The molecule has 158 valence electrons. The molecule has 3 aromatic rings. The molecule has 0 amide bonds. The van der Waals surface area contributed by atoms with Crippen LogP contribution in [0.2, 0.25) is 0 Å². The Hall–Kier alpha value is -2.87. The van der Waals surface area contributed by atoms with Gasteiger partial charge < -0.3 is 18.8 Å². The number of hydrogen-bond donors (Lipinski definition) is 0. The Balaban J connectivity index is 1.96. The van der Waals surface area contributed by atoms with E-state index in [4.69, 9.17) is 14.2 Å². The van der Waals surface area contributed by atoms with E-state index in [1.165, 1.54) is 12.1 Å². The molecule has 2 aromatic carbocycles. The summed E-state index contributed by atoms with van der Waals surface area (Å²) in [6.07, 6.45) is 2.18. The predicted molar refractivity (Wildman–Crippen MR) is 115 cm³/mol. The Morgan fingerprint density at radius 2 is 1.90 bits per heavy atom. The third kappa shape index (κ3) is 4.64. The fourth-order valence-corrected chi connectivity index (χ4v) is 3.69. The van der Waals surface area contributed by atoms with Crippen molar-refractivity contribution in [3.05, 3.63) is 64.3 Å². The zero-order chi connectivity index (χ0) is 21.7. The molecule has 0 aliphatic carbocycles. The van der Waals surface area contributed by atoms with Crippen LogP contribution in [0.15, 0.2) is 47.2 Å². The van der Waals surface area contributed by atoms with Gasteiger partial charge in [0.25, 0.3) is 0 Å². The normalized spacial score (nSPS) is 10.7. The number of carbonyl (C=O) groups excluding carboxylic acids is 1.